The fraction of sp³-hybridized carbons (Fsp3) is 0. The molecule has 9 nitrogen and oxygen atoms in total. The second-order valence-electron chi connectivity index (χ2n) is 4.60. The number of nitrogen functional groups attached to an aromatic ring is 1. The summed E-state index contributed by atoms with van der Waals surface area (Å²) in [4.78, 5) is 48.0. The Morgan fingerprint density at radius 2 is 1.58 bits per heavy atom. The smallest absolute Gasteiger partial charge is 0.342 e. The normalized spacial score (nSPS) is 10.4. The van der Waals surface area contributed by atoms with E-state index < -0.39 is 46.0 Å². The lowest BCUT2D eigenvalue weighted by molar-refractivity contribution is 0.0683. The van der Waals surface area contributed by atoms with Gasteiger partial charge in [0.05, 0.1) is 5.56 Å². The van der Waals surface area contributed by atoms with E-state index in [-0.39, 0.29) is 15.6 Å². The van der Waals surface area contributed by atoms with Crippen LogP contribution >= 0.6 is 15.9 Å². The molecule has 0 aliphatic heterocycles. The van der Waals surface area contributed by atoms with Crippen molar-refractivity contribution in [3.63, 3.8) is 0 Å². The van der Waals surface area contributed by atoms with Gasteiger partial charge < -0.3 is 26.0 Å². The topological polar surface area (TPSA) is 171 Å². The monoisotopic (exact) mass is 396 g/mol. The zero-order chi connectivity index (χ0) is 18.2. The summed E-state index contributed by atoms with van der Waals surface area (Å²) in [5.74, 6) is -5.11. The van der Waals surface area contributed by atoms with E-state index in [0.29, 0.717) is 0 Å². The van der Waals surface area contributed by atoms with Gasteiger partial charge >= 0.3 is 17.9 Å². The zero-order valence-electron chi connectivity index (χ0n) is 11.7. The van der Waals surface area contributed by atoms with E-state index in [0.717, 1.165) is 6.07 Å². The molecule has 0 saturated heterocycles. The number of halogens is 1. The first kappa shape index (κ1) is 17.2. The molecule has 0 fully saturated rings. The number of carbonyl (C=O) groups is 3. The minimum Gasteiger partial charge on any atom is -0.478 e. The highest BCUT2D eigenvalue weighted by Crippen LogP contribution is 2.35. The number of carboxylic acids is 3. The Bertz CT molecular complexity index is 949. The highest BCUT2D eigenvalue weighted by molar-refractivity contribution is 9.10. The van der Waals surface area contributed by atoms with Gasteiger partial charge in [-0.2, -0.15) is 0 Å². The van der Waals surface area contributed by atoms with Crippen molar-refractivity contribution in [3.8, 4) is 11.1 Å². The minimum atomic E-state index is -1.68. The fourth-order valence-electron chi connectivity index (χ4n) is 2.17. The van der Waals surface area contributed by atoms with Crippen LogP contribution in [0.5, 0.6) is 0 Å². The van der Waals surface area contributed by atoms with Gasteiger partial charge in [-0.25, -0.2) is 14.4 Å². The van der Waals surface area contributed by atoms with Crippen LogP contribution in [0.3, 0.4) is 0 Å². The van der Waals surface area contributed by atoms with E-state index in [1.165, 1.54) is 12.1 Å². The first-order chi connectivity index (χ1) is 11.1. The number of pyridine rings is 1. The third-order valence-electron chi connectivity index (χ3n) is 3.15. The van der Waals surface area contributed by atoms with Crippen molar-refractivity contribution in [2.45, 2.75) is 0 Å². The van der Waals surface area contributed by atoms with Crippen LogP contribution in [-0.4, -0.2) is 38.2 Å². The number of hydrogen-bond donors (Lipinski definition) is 5. The predicted molar refractivity (Wildman–Crippen MR) is 85.5 cm³/mol. The second-order valence-corrected chi connectivity index (χ2v) is 5.46. The standard InChI is InChI=1S/C14H9BrN2O7/c15-6-2-1-4(12(19)20)3-5(6)7-8(13(21)22)10(16)17-11(18)9(7)14(23)24/h1-3H,(H,19,20)(H,21,22)(H,23,24)(H3,16,17,18). The summed E-state index contributed by atoms with van der Waals surface area (Å²) in [5, 5.41) is 27.7. The number of H-pyrrole nitrogens is 1. The molecular formula is C14H9BrN2O7. The van der Waals surface area contributed by atoms with Crippen LogP contribution in [0.4, 0.5) is 5.82 Å². The molecule has 0 saturated carbocycles. The summed E-state index contributed by atoms with van der Waals surface area (Å²) >= 11 is 3.10. The quantitative estimate of drug-likeness (QED) is 0.516. The summed E-state index contributed by atoms with van der Waals surface area (Å²) in [7, 11) is 0. The highest BCUT2D eigenvalue weighted by Gasteiger charge is 2.28. The maximum absolute atomic E-state index is 11.9. The Kier molecular flexibility index (Phi) is 4.42. The summed E-state index contributed by atoms with van der Waals surface area (Å²) in [5.41, 5.74) is 2.11. The van der Waals surface area contributed by atoms with Gasteiger partial charge in [-0.1, -0.05) is 15.9 Å². The predicted octanol–water partition coefficient (Wildman–Crippen LogP) is 1.48. The molecule has 0 unspecified atom stereocenters. The van der Waals surface area contributed by atoms with Gasteiger partial charge in [0.25, 0.3) is 5.56 Å². The van der Waals surface area contributed by atoms with Crippen molar-refractivity contribution in [1.82, 2.24) is 4.98 Å². The molecule has 0 amide bonds. The average Bonchev–Trinajstić information content (AvgIpc) is 2.45. The molecule has 2 rings (SSSR count). The molecule has 1 aromatic heterocycles. The molecule has 6 N–H and O–H groups in total. The largest absolute Gasteiger partial charge is 0.478 e. The average molecular weight is 397 g/mol. The van der Waals surface area contributed by atoms with Gasteiger partial charge in [0.2, 0.25) is 0 Å². The van der Waals surface area contributed by atoms with Gasteiger partial charge in [0, 0.05) is 10.0 Å². The Balaban J connectivity index is 3.05. The Labute approximate surface area is 141 Å². The van der Waals surface area contributed by atoms with Crippen molar-refractivity contribution < 1.29 is 29.7 Å². The molecule has 2 aromatic rings. The van der Waals surface area contributed by atoms with Crippen molar-refractivity contribution in [2.24, 2.45) is 0 Å². The maximum atomic E-state index is 11.9. The number of nitrogens with one attached hydrogen (secondary N) is 1. The molecule has 1 aromatic carbocycles. The molecule has 1 heterocycles. The SMILES string of the molecule is Nc1[nH]c(=O)c(C(=O)O)c(-c2cc(C(=O)O)ccc2Br)c1C(=O)O. The molecule has 10 heteroatoms. The zero-order valence-corrected chi connectivity index (χ0v) is 13.2. The third-order valence-corrected chi connectivity index (χ3v) is 3.85. The van der Waals surface area contributed by atoms with E-state index in [1.807, 2.05) is 4.98 Å². The summed E-state index contributed by atoms with van der Waals surface area (Å²) < 4.78 is 0.197. The minimum absolute atomic E-state index is 0.0949. The van der Waals surface area contributed by atoms with Gasteiger partial charge in [-0.05, 0) is 23.8 Å². The molecule has 0 radical (unpaired) electrons. The van der Waals surface area contributed by atoms with E-state index >= 15 is 0 Å². The molecule has 124 valence electrons. The summed E-state index contributed by atoms with van der Waals surface area (Å²) in [6.45, 7) is 0. The van der Waals surface area contributed by atoms with E-state index in [2.05, 4.69) is 15.9 Å². The number of aromatic nitrogens is 1. The van der Waals surface area contributed by atoms with Crippen molar-refractivity contribution >= 4 is 39.7 Å². The molecule has 0 aliphatic carbocycles. The first-order valence-electron chi connectivity index (χ1n) is 6.20. The lowest BCUT2D eigenvalue weighted by atomic mass is 9.94. The Hall–Kier alpha value is -3.14. The van der Waals surface area contributed by atoms with Gasteiger partial charge in [-0.3, -0.25) is 4.79 Å². The van der Waals surface area contributed by atoms with Gasteiger partial charge in [0.15, 0.2) is 0 Å². The van der Waals surface area contributed by atoms with Crippen LogP contribution < -0.4 is 11.3 Å². The fourth-order valence-corrected chi connectivity index (χ4v) is 2.61. The van der Waals surface area contributed by atoms with Crippen LogP contribution in [0.15, 0.2) is 27.5 Å². The number of aromatic amines is 1. The molecule has 24 heavy (non-hydrogen) atoms. The van der Waals surface area contributed by atoms with Crippen molar-refractivity contribution in [1.29, 1.82) is 0 Å². The van der Waals surface area contributed by atoms with Crippen molar-refractivity contribution in [3.05, 3.63) is 49.7 Å². The van der Waals surface area contributed by atoms with Gasteiger partial charge in [-0.15, -0.1) is 0 Å². The van der Waals surface area contributed by atoms with Crippen LogP contribution in [0, 0.1) is 0 Å². The number of benzene rings is 1. The molecule has 0 spiro atoms. The Morgan fingerprint density at radius 3 is 2.08 bits per heavy atom. The van der Waals surface area contributed by atoms with Crippen LogP contribution in [0.25, 0.3) is 11.1 Å². The molecule has 0 aliphatic rings. The van der Waals surface area contributed by atoms with Crippen molar-refractivity contribution in [2.75, 3.05) is 5.73 Å². The Morgan fingerprint density at radius 1 is 1.00 bits per heavy atom. The van der Waals surface area contributed by atoms with E-state index in [1.54, 1.807) is 0 Å². The summed E-state index contributed by atoms with van der Waals surface area (Å²) in [6, 6.07) is 3.58. The lowest BCUT2D eigenvalue weighted by Gasteiger charge is -2.14. The number of hydrogen-bond acceptors (Lipinski definition) is 5. The maximum Gasteiger partial charge on any atom is 0.342 e. The number of aromatic carboxylic acids is 3. The number of carboxylic acid groups (broad SMARTS) is 3. The highest BCUT2D eigenvalue weighted by atomic mass is 79.9. The summed E-state index contributed by atoms with van der Waals surface area (Å²) in [6.07, 6.45) is 0. The van der Waals surface area contributed by atoms with Crippen LogP contribution in [0.1, 0.15) is 31.1 Å². The number of anilines is 1. The molecule has 0 bridgehead atoms. The van der Waals surface area contributed by atoms with Gasteiger partial charge in [0.1, 0.15) is 16.9 Å². The van der Waals surface area contributed by atoms with Crippen LogP contribution in [0.2, 0.25) is 0 Å². The number of nitrogens with two attached hydrogens (primary N) is 1. The van der Waals surface area contributed by atoms with Crippen LogP contribution in [-0.2, 0) is 0 Å². The molecular weight excluding hydrogens is 388 g/mol. The number of rotatable bonds is 4. The second kappa shape index (κ2) is 6.16. The third kappa shape index (κ3) is 2.86. The molecule has 0 atom stereocenters. The van der Waals surface area contributed by atoms with E-state index in [4.69, 9.17) is 10.8 Å². The lowest BCUT2D eigenvalue weighted by Crippen LogP contribution is -2.24. The van der Waals surface area contributed by atoms with E-state index in [9.17, 15) is 29.4 Å². The first-order valence-corrected chi connectivity index (χ1v) is 7.00.